The van der Waals surface area contributed by atoms with E-state index in [2.05, 4.69) is 30.9 Å². The van der Waals surface area contributed by atoms with E-state index in [0.29, 0.717) is 36.5 Å². The number of rotatable bonds is 4. The molecule has 0 aromatic heterocycles. The first-order chi connectivity index (χ1) is 14.7. The number of piperidine rings is 1. The smallest absolute Gasteiger partial charge is 0.0746 e. The lowest BCUT2D eigenvalue weighted by molar-refractivity contribution is -0.0262. The molecule has 7 atom stereocenters. The fourth-order valence-corrected chi connectivity index (χ4v) is 7.76. The third-order valence-corrected chi connectivity index (χ3v) is 9.10. The molecular formula is C27H45NO3. The van der Waals surface area contributed by atoms with E-state index >= 15 is 0 Å². The Balaban J connectivity index is 1.43. The quantitative estimate of drug-likeness (QED) is 0.616. The van der Waals surface area contributed by atoms with E-state index in [-0.39, 0.29) is 0 Å². The summed E-state index contributed by atoms with van der Waals surface area (Å²) in [4.78, 5) is 2.51. The molecule has 4 heteroatoms. The minimum Gasteiger partial charge on any atom is -0.393 e. The summed E-state index contributed by atoms with van der Waals surface area (Å²) >= 11 is 0. The van der Waals surface area contributed by atoms with Gasteiger partial charge in [0.25, 0.3) is 0 Å². The highest BCUT2D eigenvalue weighted by atomic mass is 16.3. The van der Waals surface area contributed by atoms with Crippen molar-refractivity contribution in [2.45, 2.75) is 103 Å². The van der Waals surface area contributed by atoms with Crippen LogP contribution in [0.3, 0.4) is 0 Å². The van der Waals surface area contributed by atoms with Crippen molar-refractivity contribution in [1.82, 2.24) is 4.90 Å². The van der Waals surface area contributed by atoms with E-state index in [1.54, 1.807) is 5.57 Å². The van der Waals surface area contributed by atoms with Gasteiger partial charge in [0.05, 0.1) is 17.8 Å². The molecule has 1 aliphatic heterocycles. The Kier molecular flexibility index (Phi) is 7.03. The highest BCUT2D eigenvalue weighted by molar-refractivity contribution is 5.26. The van der Waals surface area contributed by atoms with E-state index in [1.165, 1.54) is 37.7 Å². The maximum Gasteiger partial charge on any atom is 0.0746 e. The summed E-state index contributed by atoms with van der Waals surface area (Å²) in [5, 5.41) is 30.5. The molecule has 3 saturated carbocycles. The average molecular weight is 432 g/mol. The first kappa shape index (κ1) is 23.5. The van der Waals surface area contributed by atoms with Crippen LogP contribution in [-0.2, 0) is 0 Å². The number of likely N-dealkylation sites (tertiary alicyclic amines) is 1. The number of hydrogen-bond acceptors (Lipinski definition) is 4. The summed E-state index contributed by atoms with van der Waals surface area (Å²) in [6.45, 7) is 10.1. The summed E-state index contributed by atoms with van der Waals surface area (Å²) in [7, 11) is 0. The molecule has 176 valence electrons. The zero-order valence-corrected chi connectivity index (χ0v) is 20.0. The van der Waals surface area contributed by atoms with Crippen molar-refractivity contribution in [1.29, 1.82) is 0 Å². The van der Waals surface area contributed by atoms with E-state index in [1.807, 2.05) is 6.92 Å². The van der Waals surface area contributed by atoms with Crippen LogP contribution in [0.2, 0.25) is 0 Å². The van der Waals surface area contributed by atoms with Gasteiger partial charge < -0.3 is 20.2 Å². The van der Waals surface area contributed by atoms with E-state index in [9.17, 15) is 15.3 Å². The van der Waals surface area contributed by atoms with Gasteiger partial charge in [0.2, 0.25) is 0 Å². The van der Waals surface area contributed by atoms with Crippen molar-refractivity contribution < 1.29 is 15.3 Å². The molecule has 0 bridgehead atoms. The first-order valence-corrected chi connectivity index (χ1v) is 12.9. The summed E-state index contributed by atoms with van der Waals surface area (Å²) in [5.41, 5.74) is 2.66. The van der Waals surface area contributed by atoms with Crippen molar-refractivity contribution >= 4 is 0 Å². The summed E-state index contributed by atoms with van der Waals surface area (Å²) in [5.74, 6) is 2.08. The van der Waals surface area contributed by atoms with Gasteiger partial charge in [-0.1, -0.05) is 37.1 Å². The van der Waals surface area contributed by atoms with Gasteiger partial charge in [-0.15, -0.1) is 0 Å². The zero-order chi connectivity index (χ0) is 22.2. The van der Waals surface area contributed by atoms with Crippen LogP contribution in [0.5, 0.6) is 0 Å². The number of nitrogens with zero attached hydrogens (tertiary/aromatic N) is 1. The molecule has 4 rings (SSSR count). The molecule has 1 saturated heterocycles. The molecule has 0 aromatic carbocycles. The van der Waals surface area contributed by atoms with Gasteiger partial charge in [-0.3, -0.25) is 0 Å². The normalized spacial score (nSPS) is 44.3. The monoisotopic (exact) mass is 431 g/mol. The minimum atomic E-state index is -0.519. The van der Waals surface area contributed by atoms with Crippen LogP contribution in [0.25, 0.3) is 0 Å². The van der Waals surface area contributed by atoms with Crippen molar-refractivity contribution in [3.05, 3.63) is 23.3 Å². The number of hydrogen-bond donors (Lipinski definition) is 3. The summed E-state index contributed by atoms with van der Waals surface area (Å²) < 4.78 is 0. The number of fused-ring (bicyclic) bond motifs is 1. The molecular weight excluding hydrogens is 386 g/mol. The van der Waals surface area contributed by atoms with Crippen LogP contribution < -0.4 is 0 Å². The average Bonchev–Trinajstić information content (AvgIpc) is 3.02. The number of β-amino-alcohol motifs (C(OH)–C–C–N with tert-alkyl or cyclic N) is 1. The van der Waals surface area contributed by atoms with Gasteiger partial charge in [0, 0.05) is 13.1 Å². The molecule has 0 aromatic rings. The van der Waals surface area contributed by atoms with Crippen LogP contribution >= 0.6 is 0 Å². The molecule has 4 fully saturated rings. The zero-order valence-electron chi connectivity index (χ0n) is 20.0. The van der Waals surface area contributed by atoms with Crippen LogP contribution in [0.15, 0.2) is 23.3 Å². The Morgan fingerprint density at radius 3 is 2.52 bits per heavy atom. The highest BCUT2D eigenvalue weighted by Crippen LogP contribution is 2.59. The molecule has 4 nitrogen and oxygen atoms in total. The standard InChI is InChI=1S/C27H45NO3/c1-19(17-28-13-5-11-26(2,31)18-28)24-9-10-25-21(6-4-12-27(24,25)3)8-7-20-14-22(29)16-23(30)15-20/h7-8,19,22-25,29-31H,4-6,9-18H2,1-3H3/b21-8+/t19-,22-,23-,24-,25+,26-,27-/m1/s1. The van der Waals surface area contributed by atoms with Crippen LogP contribution in [0.1, 0.15) is 85.0 Å². The molecule has 0 radical (unpaired) electrons. The largest absolute Gasteiger partial charge is 0.393 e. The van der Waals surface area contributed by atoms with Gasteiger partial charge in [-0.05, 0) is 101 Å². The fraction of sp³-hybridized carbons (Fsp3) is 0.852. The van der Waals surface area contributed by atoms with Gasteiger partial charge in [0.1, 0.15) is 0 Å². The Labute approximate surface area is 189 Å². The van der Waals surface area contributed by atoms with Gasteiger partial charge >= 0.3 is 0 Å². The molecule has 3 aliphatic carbocycles. The molecule has 0 unspecified atom stereocenters. The third kappa shape index (κ3) is 5.29. The Bertz CT molecular complexity index is 687. The number of allylic oxidation sites excluding steroid dienone is 3. The van der Waals surface area contributed by atoms with Crippen molar-refractivity contribution in [3.8, 4) is 0 Å². The Morgan fingerprint density at radius 2 is 1.81 bits per heavy atom. The van der Waals surface area contributed by atoms with Crippen LogP contribution in [0.4, 0.5) is 0 Å². The Hall–Kier alpha value is -0.680. The second-order valence-electron chi connectivity index (χ2n) is 11.9. The van der Waals surface area contributed by atoms with Crippen molar-refractivity contribution in [2.24, 2.45) is 23.2 Å². The van der Waals surface area contributed by atoms with Gasteiger partial charge in [-0.25, -0.2) is 0 Å². The topological polar surface area (TPSA) is 63.9 Å². The lowest BCUT2D eigenvalue weighted by Crippen LogP contribution is -2.48. The number of aliphatic hydroxyl groups is 3. The molecule has 3 N–H and O–H groups in total. The molecule has 1 heterocycles. The predicted octanol–water partition coefficient (Wildman–Crippen LogP) is 4.44. The van der Waals surface area contributed by atoms with Crippen LogP contribution in [-0.4, -0.2) is 57.7 Å². The molecule has 4 aliphatic rings. The lowest BCUT2D eigenvalue weighted by Gasteiger charge is -2.46. The maximum atomic E-state index is 10.5. The fourth-order valence-electron chi connectivity index (χ4n) is 7.76. The van der Waals surface area contributed by atoms with E-state index in [4.69, 9.17) is 0 Å². The van der Waals surface area contributed by atoms with Crippen molar-refractivity contribution in [2.75, 3.05) is 19.6 Å². The highest BCUT2D eigenvalue weighted by Gasteiger charge is 2.50. The summed E-state index contributed by atoms with van der Waals surface area (Å²) in [6, 6.07) is 0. The molecule has 31 heavy (non-hydrogen) atoms. The second kappa shape index (κ2) is 9.29. The van der Waals surface area contributed by atoms with Gasteiger partial charge in [0.15, 0.2) is 0 Å². The summed E-state index contributed by atoms with van der Waals surface area (Å²) in [6.07, 6.45) is 14.2. The Morgan fingerprint density at radius 1 is 1.06 bits per heavy atom. The second-order valence-corrected chi connectivity index (χ2v) is 11.9. The lowest BCUT2D eigenvalue weighted by atomic mass is 9.61. The number of aliphatic hydroxyl groups excluding tert-OH is 2. The molecule has 0 spiro atoms. The predicted molar refractivity (Wildman–Crippen MR) is 126 cm³/mol. The van der Waals surface area contributed by atoms with Crippen molar-refractivity contribution in [3.63, 3.8) is 0 Å². The minimum absolute atomic E-state index is 0.381. The molecule has 0 amide bonds. The SMILES string of the molecule is C[C@H](CN1CCC[C@@](C)(O)C1)[C@H]1CC[C@H]2/C(=C/C=C3C[C@@H](O)C[C@H](O)C3)CCC[C@]12C. The van der Waals surface area contributed by atoms with Crippen LogP contribution in [0, 0.1) is 23.2 Å². The van der Waals surface area contributed by atoms with E-state index < -0.39 is 17.8 Å². The van der Waals surface area contributed by atoms with Gasteiger partial charge in [-0.2, -0.15) is 0 Å². The maximum absolute atomic E-state index is 10.5. The van der Waals surface area contributed by atoms with E-state index in [0.717, 1.165) is 38.4 Å². The first-order valence-electron chi connectivity index (χ1n) is 12.9. The third-order valence-electron chi connectivity index (χ3n) is 9.10.